The first kappa shape index (κ1) is 21.0. The van der Waals surface area contributed by atoms with Crippen molar-refractivity contribution in [2.24, 2.45) is 0 Å². The zero-order chi connectivity index (χ0) is 21.5. The number of carbonyl (C=O) groups excluding carboxylic acids is 1. The molecule has 31 heavy (non-hydrogen) atoms. The van der Waals surface area contributed by atoms with Gasteiger partial charge in [-0.1, -0.05) is 84.9 Å². The molecule has 0 spiro atoms. The van der Waals surface area contributed by atoms with Crippen LogP contribution in [0, 0.1) is 6.92 Å². The van der Waals surface area contributed by atoms with E-state index in [1.807, 2.05) is 72.8 Å². The van der Waals surface area contributed by atoms with Crippen LogP contribution in [0.2, 0.25) is 0 Å². The van der Waals surface area contributed by atoms with Crippen molar-refractivity contribution in [1.82, 2.24) is 5.32 Å². The van der Waals surface area contributed by atoms with E-state index in [0.29, 0.717) is 5.56 Å². The summed E-state index contributed by atoms with van der Waals surface area (Å²) in [5, 5.41) is 3.24. The smallest absolute Gasteiger partial charge is 0.252 e. The lowest BCUT2D eigenvalue weighted by Crippen LogP contribution is -2.29. The van der Waals surface area contributed by atoms with E-state index in [1.54, 1.807) is 11.8 Å². The summed E-state index contributed by atoms with van der Waals surface area (Å²) in [4.78, 5) is 14.3. The molecule has 4 aromatic carbocycles. The van der Waals surface area contributed by atoms with E-state index in [1.165, 1.54) is 10.5 Å². The molecule has 0 aliphatic rings. The second kappa shape index (κ2) is 10.1. The zero-order valence-corrected chi connectivity index (χ0v) is 18.3. The van der Waals surface area contributed by atoms with E-state index in [0.717, 1.165) is 22.4 Å². The Balaban J connectivity index is 1.49. The van der Waals surface area contributed by atoms with E-state index in [4.69, 9.17) is 0 Å². The van der Waals surface area contributed by atoms with Crippen LogP contribution in [0.1, 0.15) is 38.7 Å². The molecule has 1 atom stereocenters. The van der Waals surface area contributed by atoms with Gasteiger partial charge in [-0.25, -0.2) is 0 Å². The number of rotatable bonds is 7. The lowest BCUT2D eigenvalue weighted by atomic mass is 9.94. The second-order valence-corrected chi connectivity index (χ2v) is 8.52. The lowest BCUT2D eigenvalue weighted by molar-refractivity contribution is 0.0943. The van der Waals surface area contributed by atoms with Gasteiger partial charge in [0.1, 0.15) is 0 Å². The Morgan fingerprint density at radius 2 is 1.39 bits per heavy atom. The molecule has 0 bridgehead atoms. The Labute approximate surface area is 188 Å². The Morgan fingerprint density at radius 3 is 2.06 bits per heavy atom. The quantitative estimate of drug-likeness (QED) is 0.331. The third-order valence-corrected chi connectivity index (χ3v) is 6.36. The van der Waals surface area contributed by atoms with Crippen LogP contribution in [-0.2, 0) is 5.75 Å². The van der Waals surface area contributed by atoms with Gasteiger partial charge in [0, 0.05) is 16.2 Å². The molecule has 2 nitrogen and oxygen atoms in total. The summed E-state index contributed by atoms with van der Waals surface area (Å²) in [6.45, 7) is 2.08. The first-order valence-electron chi connectivity index (χ1n) is 10.4. The van der Waals surface area contributed by atoms with Gasteiger partial charge in [0.25, 0.3) is 5.91 Å². The molecule has 1 N–H and O–H groups in total. The number of aryl methyl sites for hydroxylation is 1. The SMILES string of the molecule is Cc1ccccc1[C@@H](NC(=O)c1ccc(CSc2ccccc2)cc1)c1ccccc1. The first-order valence-corrected chi connectivity index (χ1v) is 11.4. The Hall–Kier alpha value is -3.30. The molecule has 154 valence electrons. The molecule has 0 saturated carbocycles. The average molecular weight is 424 g/mol. The summed E-state index contributed by atoms with van der Waals surface area (Å²) < 4.78 is 0. The first-order chi connectivity index (χ1) is 15.2. The summed E-state index contributed by atoms with van der Waals surface area (Å²) in [5.74, 6) is 0.807. The molecule has 0 unspecified atom stereocenters. The fraction of sp³-hybridized carbons (Fsp3) is 0.107. The highest BCUT2D eigenvalue weighted by Crippen LogP contribution is 2.26. The van der Waals surface area contributed by atoms with Crippen LogP contribution in [0.15, 0.2) is 114 Å². The second-order valence-electron chi connectivity index (χ2n) is 7.47. The van der Waals surface area contributed by atoms with Gasteiger partial charge in [0.2, 0.25) is 0 Å². The maximum absolute atomic E-state index is 13.1. The van der Waals surface area contributed by atoms with Crippen LogP contribution in [0.3, 0.4) is 0 Å². The molecule has 4 aromatic rings. The fourth-order valence-electron chi connectivity index (χ4n) is 3.55. The number of nitrogens with one attached hydrogen (secondary N) is 1. The zero-order valence-electron chi connectivity index (χ0n) is 17.5. The summed E-state index contributed by atoms with van der Waals surface area (Å²) in [5.41, 5.74) is 5.20. The van der Waals surface area contributed by atoms with Crippen molar-refractivity contribution in [1.29, 1.82) is 0 Å². The van der Waals surface area contributed by atoms with E-state index >= 15 is 0 Å². The molecule has 0 heterocycles. The topological polar surface area (TPSA) is 29.1 Å². The van der Waals surface area contributed by atoms with E-state index in [-0.39, 0.29) is 11.9 Å². The van der Waals surface area contributed by atoms with Gasteiger partial charge in [-0.05, 0) is 53.4 Å². The number of hydrogen-bond acceptors (Lipinski definition) is 2. The van der Waals surface area contributed by atoms with Gasteiger partial charge in [-0.3, -0.25) is 4.79 Å². The third kappa shape index (κ3) is 5.44. The van der Waals surface area contributed by atoms with Gasteiger partial charge >= 0.3 is 0 Å². The standard InChI is InChI=1S/C28H25NOS/c1-21-10-8-9-15-26(21)27(23-11-4-2-5-12-23)29-28(30)24-18-16-22(17-19-24)20-31-25-13-6-3-7-14-25/h2-19,27H,20H2,1H3,(H,29,30)/t27-/m0/s1. The highest BCUT2D eigenvalue weighted by Gasteiger charge is 2.19. The molecule has 3 heteroatoms. The van der Waals surface area contributed by atoms with Crippen LogP contribution in [0.5, 0.6) is 0 Å². The largest absolute Gasteiger partial charge is 0.341 e. The van der Waals surface area contributed by atoms with Crippen molar-refractivity contribution < 1.29 is 4.79 Å². The number of thioether (sulfide) groups is 1. The average Bonchev–Trinajstić information content (AvgIpc) is 2.83. The van der Waals surface area contributed by atoms with Crippen molar-refractivity contribution in [2.45, 2.75) is 23.6 Å². The maximum atomic E-state index is 13.1. The predicted molar refractivity (Wildman–Crippen MR) is 129 cm³/mol. The summed E-state index contributed by atoms with van der Waals surface area (Å²) in [7, 11) is 0. The van der Waals surface area contributed by atoms with Gasteiger partial charge in [0.05, 0.1) is 6.04 Å². The number of carbonyl (C=O) groups is 1. The fourth-order valence-corrected chi connectivity index (χ4v) is 4.42. The van der Waals surface area contributed by atoms with Gasteiger partial charge in [0.15, 0.2) is 0 Å². The van der Waals surface area contributed by atoms with Crippen molar-refractivity contribution in [2.75, 3.05) is 0 Å². The van der Waals surface area contributed by atoms with Crippen molar-refractivity contribution in [3.05, 3.63) is 137 Å². The van der Waals surface area contributed by atoms with Gasteiger partial charge in [-0.15, -0.1) is 11.8 Å². The molecule has 1 amide bonds. The molecular weight excluding hydrogens is 398 g/mol. The van der Waals surface area contributed by atoms with Crippen LogP contribution in [-0.4, -0.2) is 5.91 Å². The van der Waals surface area contributed by atoms with Gasteiger partial charge < -0.3 is 5.32 Å². The summed E-state index contributed by atoms with van der Waals surface area (Å²) in [6.07, 6.45) is 0. The van der Waals surface area contributed by atoms with Crippen molar-refractivity contribution in [3.63, 3.8) is 0 Å². The van der Waals surface area contributed by atoms with E-state index < -0.39 is 0 Å². The number of hydrogen-bond donors (Lipinski definition) is 1. The molecule has 0 radical (unpaired) electrons. The predicted octanol–water partition coefficient (Wildman–Crippen LogP) is 6.81. The summed E-state index contributed by atoms with van der Waals surface area (Å²) >= 11 is 1.79. The van der Waals surface area contributed by atoms with Crippen LogP contribution >= 0.6 is 11.8 Å². The normalized spacial score (nSPS) is 11.6. The monoisotopic (exact) mass is 423 g/mol. The Kier molecular flexibility index (Phi) is 6.85. The summed E-state index contributed by atoms with van der Waals surface area (Å²) in [6, 6.07) is 36.4. The van der Waals surface area contributed by atoms with Crippen molar-refractivity contribution in [3.8, 4) is 0 Å². The minimum atomic E-state index is -0.191. The minimum absolute atomic E-state index is 0.0700. The van der Waals surface area contributed by atoms with Crippen LogP contribution in [0.25, 0.3) is 0 Å². The molecule has 0 saturated heterocycles. The van der Waals surface area contributed by atoms with Crippen molar-refractivity contribution >= 4 is 17.7 Å². The Morgan fingerprint density at radius 1 is 0.774 bits per heavy atom. The van der Waals surface area contributed by atoms with Crippen LogP contribution in [0.4, 0.5) is 0 Å². The molecular formula is C28H25NOS. The van der Waals surface area contributed by atoms with Crippen LogP contribution < -0.4 is 5.32 Å². The minimum Gasteiger partial charge on any atom is -0.341 e. The maximum Gasteiger partial charge on any atom is 0.252 e. The van der Waals surface area contributed by atoms with Gasteiger partial charge in [-0.2, -0.15) is 0 Å². The Bertz CT molecular complexity index is 1120. The molecule has 0 aromatic heterocycles. The number of amides is 1. The lowest BCUT2D eigenvalue weighted by Gasteiger charge is -2.22. The molecule has 4 rings (SSSR count). The molecule has 0 aliphatic carbocycles. The third-order valence-electron chi connectivity index (χ3n) is 5.27. The molecule has 0 fully saturated rings. The number of benzene rings is 4. The highest BCUT2D eigenvalue weighted by atomic mass is 32.2. The molecule has 0 aliphatic heterocycles. The van der Waals surface area contributed by atoms with E-state index in [2.05, 4.69) is 48.6 Å². The van der Waals surface area contributed by atoms with E-state index in [9.17, 15) is 4.79 Å². The highest BCUT2D eigenvalue weighted by molar-refractivity contribution is 7.98.